The van der Waals surface area contributed by atoms with Crippen LogP contribution in [0.4, 0.5) is 0 Å². The van der Waals surface area contributed by atoms with Crippen molar-refractivity contribution in [3.63, 3.8) is 0 Å². The van der Waals surface area contributed by atoms with Crippen molar-refractivity contribution in [3.8, 4) is 0 Å². The van der Waals surface area contributed by atoms with E-state index >= 15 is 0 Å². The molecule has 0 atom stereocenters. The van der Waals surface area contributed by atoms with Crippen LogP contribution < -0.4 is 10.6 Å². The molecule has 0 bridgehead atoms. The van der Waals surface area contributed by atoms with Gasteiger partial charge in [-0.05, 0) is 41.5 Å². The van der Waals surface area contributed by atoms with E-state index < -0.39 is 14.6 Å². The van der Waals surface area contributed by atoms with Crippen molar-refractivity contribution < 1.29 is 8.42 Å². The summed E-state index contributed by atoms with van der Waals surface area (Å²) in [6.07, 6.45) is 0. The van der Waals surface area contributed by atoms with Crippen LogP contribution in [-0.4, -0.2) is 44.0 Å². The molecule has 0 aliphatic heterocycles. The van der Waals surface area contributed by atoms with Crippen LogP contribution in [0.5, 0.6) is 0 Å². The minimum absolute atomic E-state index is 0.0746. The first-order chi connectivity index (χ1) is 8.10. The molecule has 0 aromatic heterocycles. The lowest BCUT2D eigenvalue weighted by molar-refractivity contribution is 0.560. The van der Waals surface area contributed by atoms with Crippen molar-refractivity contribution >= 4 is 15.8 Å². The Kier molecular flexibility index (Phi) is 6.67. The van der Waals surface area contributed by atoms with Gasteiger partial charge >= 0.3 is 0 Å². The molecular formula is C12H27N3O2S. The van der Waals surface area contributed by atoms with Crippen LogP contribution in [0.15, 0.2) is 4.99 Å². The summed E-state index contributed by atoms with van der Waals surface area (Å²) in [6.45, 7) is 12.2. The maximum atomic E-state index is 11.9. The van der Waals surface area contributed by atoms with Gasteiger partial charge in [0, 0.05) is 12.6 Å². The van der Waals surface area contributed by atoms with E-state index in [-0.39, 0.29) is 18.3 Å². The third kappa shape index (κ3) is 6.23. The zero-order valence-corrected chi connectivity index (χ0v) is 13.2. The first-order valence-electron chi connectivity index (χ1n) is 6.37. The topological polar surface area (TPSA) is 70.6 Å². The lowest BCUT2D eigenvalue weighted by atomic mass is 10.3. The van der Waals surface area contributed by atoms with Crippen molar-refractivity contribution in [3.05, 3.63) is 0 Å². The number of nitrogens with one attached hydrogen (secondary N) is 2. The highest BCUT2D eigenvalue weighted by atomic mass is 32.2. The Bertz CT molecular complexity index is 367. The second-order valence-electron chi connectivity index (χ2n) is 5.49. The number of hydrogen-bond donors (Lipinski definition) is 2. The molecule has 108 valence electrons. The van der Waals surface area contributed by atoms with Crippen molar-refractivity contribution in [2.75, 3.05) is 18.8 Å². The average Bonchev–Trinajstić information content (AvgIpc) is 2.14. The highest BCUT2D eigenvalue weighted by molar-refractivity contribution is 7.92. The molecule has 5 nitrogen and oxygen atoms in total. The van der Waals surface area contributed by atoms with Gasteiger partial charge in [0.25, 0.3) is 0 Å². The second-order valence-corrected chi connectivity index (χ2v) is 8.35. The Morgan fingerprint density at radius 2 is 1.83 bits per heavy atom. The van der Waals surface area contributed by atoms with Gasteiger partial charge in [-0.25, -0.2) is 8.42 Å². The molecule has 18 heavy (non-hydrogen) atoms. The van der Waals surface area contributed by atoms with Crippen LogP contribution in [0.25, 0.3) is 0 Å². The van der Waals surface area contributed by atoms with Gasteiger partial charge in [0.2, 0.25) is 0 Å². The highest BCUT2D eigenvalue weighted by Gasteiger charge is 2.28. The fourth-order valence-corrected chi connectivity index (χ4v) is 2.12. The molecule has 2 N–H and O–H groups in total. The van der Waals surface area contributed by atoms with Gasteiger partial charge in [-0.1, -0.05) is 0 Å². The number of aliphatic imine (C=N–C) groups is 1. The third-order valence-electron chi connectivity index (χ3n) is 2.33. The third-order valence-corrected chi connectivity index (χ3v) is 4.92. The molecule has 0 radical (unpaired) electrons. The van der Waals surface area contributed by atoms with Gasteiger partial charge in [-0.3, -0.25) is 4.99 Å². The van der Waals surface area contributed by atoms with Crippen LogP contribution in [0.3, 0.4) is 0 Å². The van der Waals surface area contributed by atoms with E-state index in [4.69, 9.17) is 0 Å². The summed E-state index contributed by atoms with van der Waals surface area (Å²) < 4.78 is 23.1. The van der Waals surface area contributed by atoms with Crippen molar-refractivity contribution in [1.29, 1.82) is 0 Å². The standard InChI is InChI=1S/C12H27N3O2S/c1-7-13-11(15-10(2)3)14-8-9-18(16,17)12(4,5)6/h10H,7-9H2,1-6H3,(H2,13,14,15). The summed E-state index contributed by atoms with van der Waals surface area (Å²) in [5.41, 5.74) is 0. The van der Waals surface area contributed by atoms with E-state index in [0.717, 1.165) is 6.54 Å². The highest BCUT2D eigenvalue weighted by Crippen LogP contribution is 2.15. The summed E-state index contributed by atoms with van der Waals surface area (Å²) in [5, 5.41) is 6.23. The SMILES string of the molecule is CCNC(=NCCS(=O)(=O)C(C)(C)C)NC(C)C. The second kappa shape index (κ2) is 6.97. The molecule has 6 heteroatoms. The van der Waals surface area contributed by atoms with Gasteiger partial charge < -0.3 is 10.6 Å². The van der Waals surface area contributed by atoms with Crippen LogP contribution in [0.1, 0.15) is 41.5 Å². The van der Waals surface area contributed by atoms with Crippen LogP contribution >= 0.6 is 0 Å². The number of sulfone groups is 1. The molecule has 0 aliphatic rings. The lowest BCUT2D eigenvalue weighted by Crippen LogP contribution is -2.41. The molecule has 0 aromatic rings. The van der Waals surface area contributed by atoms with Crippen LogP contribution in [0.2, 0.25) is 0 Å². The Hall–Kier alpha value is -0.780. The summed E-state index contributed by atoms with van der Waals surface area (Å²) in [6, 6.07) is 0.266. The molecule has 0 fully saturated rings. The fourth-order valence-electron chi connectivity index (χ4n) is 1.18. The molecule has 0 rings (SSSR count). The van der Waals surface area contributed by atoms with E-state index in [1.165, 1.54) is 0 Å². The largest absolute Gasteiger partial charge is 0.357 e. The first-order valence-corrected chi connectivity index (χ1v) is 8.02. The van der Waals surface area contributed by atoms with E-state index in [1.807, 2.05) is 20.8 Å². The molecule has 0 aliphatic carbocycles. The van der Waals surface area contributed by atoms with Gasteiger partial charge in [0.15, 0.2) is 15.8 Å². The van der Waals surface area contributed by atoms with Crippen molar-refractivity contribution in [2.24, 2.45) is 4.99 Å². The summed E-state index contributed by atoms with van der Waals surface area (Å²) >= 11 is 0. The van der Waals surface area contributed by atoms with E-state index in [1.54, 1.807) is 20.8 Å². The maximum Gasteiger partial charge on any atom is 0.191 e. The number of hydrogen-bond acceptors (Lipinski definition) is 3. The predicted molar refractivity (Wildman–Crippen MR) is 77.8 cm³/mol. The first kappa shape index (κ1) is 17.2. The normalized spacial score (nSPS) is 13.8. The van der Waals surface area contributed by atoms with E-state index in [2.05, 4.69) is 15.6 Å². The minimum Gasteiger partial charge on any atom is -0.357 e. The molecule has 0 spiro atoms. The minimum atomic E-state index is -3.10. The Balaban J connectivity index is 4.52. The molecule has 0 saturated heterocycles. The molecule has 0 saturated carbocycles. The number of nitrogens with zero attached hydrogens (tertiary/aromatic N) is 1. The van der Waals surface area contributed by atoms with E-state index in [0.29, 0.717) is 5.96 Å². The molecule has 0 aromatic carbocycles. The van der Waals surface area contributed by atoms with Gasteiger partial charge in [-0.15, -0.1) is 0 Å². The van der Waals surface area contributed by atoms with Gasteiger partial charge in [0.1, 0.15) is 0 Å². The quantitative estimate of drug-likeness (QED) is 0.584. The van der Waals surface area contributed by atoms with Gasteiger partial charge in [-0.2, -0.15) is 0 Å². The zero-order valence-electron chi connectivity index (χ0n) is 12.4. The maximum absolute atomic E-state index is 11.9. The van der Waals surface area contributed by atoms with Crippen LogP contribution in [0, 0.1) is 0 Å². The Morgan fingerprint density at radius 1 is 1.28 bits per heavy atom. The van der Waals surface area contributed by atoms with E-state index in [9.17, 15) is 8.42 Å². The van der Waals surface area contributed by atoms with Crippen molar-refractivity contribution in [1.82, 2.24) is 10.6 Å². The Labute approximate surface area is 111 Å². The average molecular weight is 277 g/mol. The van der Waals surface area contributed by atoms with Crippen LogP contribution in [-0.2, 0) is 9.84 Å². The fraction of sp³-hybridized carbons (Fsp3) is 0.917. The molecule has 0 heterocycles. The lowest BCUT2D eigenvalue weighted by Gasteiger charge is -2.19. The predicted octanol–water partition coefficient (Wildman–Crippen LogP) is 1.16. The smallest absolute Gasteiger partial charge is 0.191 e. The molecular weight excluding hydrogens is 250 g/mol. The summed E-state index contributed by atoms with van der Waals surface area (Å²) in [5.74, 6) is 0.738. The Morgan fingerprint density at radius 3 is 2.22 bits per heavy atom. The zero-order chi connectivity index (χ0) is 14.4. The number of guanidine groups is 1. The summed E-state index contributed by atoms with van der Waals surface area (Å²) in [4.78, 5) is 4.27. The number of rotatable bonds is 5. The van der Waals surface area contributed by atoms with Gasteiger partial charge in [0.05, 0.1) is 17.0 Å². The van der Waals surface area contributed by atoms with Crippen molar-refractivity contribution in [2.45, 2.75) is 52.3 Å². The molecule has 0 unspecified atom stereocenters. The molecule has 0 amide bonds. The monoisotopic (exact) mass is 277 g/mol. The summed E-state index contributed by atoms with van der Waals surface area (Å²) in [7, 11) is -3.10.